The van der Waals surface area contributed by atoms with Crippen molar-refractivity contribution in [2.75, 3.05) is 0 Å². The minimum atomic E-state index is 1.16. The average Bonchev–Trinajstić information content (AvgIpc) is 1.74. The minimum absolute atomic E-state index is 1.16. The molecule has 3 heteroatoms. The van der Waals surface area contributed by atoms with Gasteiger partial charge in [-0.1, -0.05) is 400 Å². The number of nitrogens with zero attached hydrogens (tertiary/aromatic N) is 3. The second-order valence-electron chi connectivity index (χ2n) is 35.6. The van der Waals surface area contributed by atoms with Crippen LogP contribution in [0.25, 0.3) is 257 Å². The van der Waals surface area contributed by atoms with E-state index in [-0.39, 0.29) is 0 Å². The zero-order chi connectivity index (χ0) is 89.0. The Labute approximate surface area is 781 Å². The Balaban J connectivity index is 0.000000106. The highest BCUT2D eigenvalue weighted by molar-refractivity contribution is 6.29. The van der Waals surface area contributed by atoms with Crippen LogP contribution in [-0.2, 0) is 0 Å². The molecule has 0 unspecified atom stereocenters. The first-order chi connectivity index (χ1) is 67.0. The van der Waals surface area contributed by atoms with E-state index in [1.54, 1.807) is 0 Å². The number of aromatic nitrogens is 3. The zero-order valence-corrected chi connectivity index (χ0v) is 73.9. The van der Waals surface area contributed by atoms with E-state index in [2.05, 4.69) is 529 Å². The Morgan fingerprint density at radius 3 is 0.593 bits per heavy atom. The molecular formula is C132H85N3. The van der Waals surface area contributed by atoms with Gasteiger partial charge in [0.25, 0.3) is 0 Å². The van der Waals surface area contributed by atoms with Crippen LogP contribution in [0, 0.1) is 0 Å². The first-order valence-corrected chi connectivity index (χ1v) is 46.7. The van der Waals surface area contributed by atoms with Crippen molar-refractivity contribution < 1.29 is 0 Å². The molecule has 0 aliphatic heterocycles. The third kappa shape index (κ3) is 13.5. The summed E-state index contributed by atoms with van der Waals surface area (Å²) >= 11 is 0. The monoisotopic (exact) mass is 1710 g/mol. The summed E-state index contributed by atoms with van der Waals surface area (Å²) in [6.45, 7) is 0. The van der Waals surface area contributed by atoms with E-state index in [0.717, 1.165) is 5.69 Å². The molecule has 3 heterocycles. The lowest BCUT2D eigenvalue weighted by Crippen LogP contribution is -1.96. The van der Waals surface area contributed by atoms with E-state index in [1.165, 1.54) is 252 Å². The van der Waals surface area contributed by atoms with Crippen LogP contribution in [0.5, 0.6) is 0 Å². The summed E-state index contributed by atoms with van der Waals surface area (Å²) in [6.07, 6.45) is 0. The number of fused-ring (bicyclic) bond motifs is 27. The van der Waals surface area contributed by atoms with Crippen LogP contribution in [0.4, 0.5) is 0 Å². The van der Waals surface area contributed by atoms with Gasteiger partial charge in [-0.3, -0.25) is 0 Å². The molecule has 0 fully saturated rings. The first kappa shape index (κ1) is 78.3. The standard InChI is InChI=1S/C48H31N.2C42H27N/c1-3-13-32(14-4-1)36-27-37(33-15-5-2-6-16-33)29-38(28-36)49-47-22-12-11-21-44(47)46-31-35(24-26-48(46)49)34-23-25-43-41-19-8-7-17-39(41)40-18-9-10-20-42(40)45(43)30-34;1-2-11-28(12-3-1)29-13-10-14-32(25-29)43-41-20-9-8-19-38(41)40-27-31(22-24-42(40)43)30-21-23-37-35-17-5-4-15-33(35)34-16-6-7-18-36(34)39(37)26-30;1-2-10-28(11-3-1)29-18-22-32(23-19-29)43-41-17-9-8-16-38(41)40-27-31(21-25-42(40)43)30-20-24-37-35-14-5-4-12-33(35)34-13-6-7-15-36(34)39(37)26-30/h1-31H;2*1-27H. The molecule has 135 heavy (non-hydrogen) atoms. The summed E-state index contributed by atoms with van der Waals surface area (Å²) < 4.78 is 7.23. The highest BCUT2D eigenvalue weighted by Gasteiger charge is 2.22. The van der Waals surface area contributed by atoms with E-state index in [9.17, 15) is 0 Å². The molecule has 3 aromatic heterocycles. The predicted octanol–water partition coefficient (Wildman–Crippen LogP) is 36.4. The molecule has 3 nitrogen and oxygen atoms in total. The van der Waals surface area contributed by atoms with E-state index < -0.39 is 0 Å². The number of benzene rings is 25. The third-order valence-corrected chi connectivity index (χ3v) is 28.1. The van der Waals surface area contributed by atoms with Crippen molar-refractivity contribution in [1.29, 1.82) is 0 Å². The molecule has 0 amide bonds. The number of hydrogen-bond donors (Lipinski definition) is 0. The highest BCUT2D eigenvalue weighted by Crippen LogP contribution is 2.47. The topological polar surface area (TPSA) is 14.8 Å². The lowest BCUT2D eigenvalue weighted by molar-refractivity contribution is 1.18. The Kier molecular flexibility index (Phi) is 19.0. The summed E-state index contributed by atoms with van der Waals surface area (Å²) in [6, 6.07) is 188. The van der Waals surface area contributed by atoms with Crippen molar-refractivity contribution in [2.45, 2.75) is 0 Å². The SMILES string of the molecule is c1ccc(-c2cc(-c3ccccc3)cc(-n3c4ccccc4c4cc(-c5ccc6c7ccccc7c7ccccc7c6c5)ccc43)c2)cc1.c1ccc(-c2ccc(-n3c4ccccc4c4cc(-c5ccc6c7ccccc7c7ccccc7c6c5)ccc43)cc2)cc1.c1ccc(-c2cccc(-n3c4ccccc4c4cc(-c5ccc6c7ccccc7c7ccccc7c6c5)ccc43)c2)cc1. The fourth-order valence-electron chi connectivity index (χ4n) is 21.8. The van der Waals surface area contributed by atoms with Crippen molar-refractivity contribution in [3.8, 4) is 95.0 Å². The number of rotatable bonds is 10. The maximum absolute atomic E-state index is 2.44. The van der Waals surface area contributed by atoms with Crippen molar-refractivity contribution >= 4 is 162 Å². The molecule has 0 N–H and O–H groups in total. The zero-order valence-electron chi connectivity index (χ0n) is 73.9. The normalized spacial score (nSPS) is 11.7. The van der Waals surface area contributed by atoms with Crippen LogP contribution in [0.2, 0.25) is 0 Å². The molecule has 0 aliphatic rings. The molecule has 25 aromatic carbocycles. The highest BCUT2D eigenvalue weighted by atomic mass is 15.0. The third-order valence-electron chi connectivity index (χ3n) is 28.1. The molecular weight excluding hydrogens is 1630 g/mol. The van der Waals surface area contributed by atoms with Crippen LogP contribution in [0.1, 0.15) is 0 Å². The van der Waals surface area contributed by atoms with Crippen LogP contribution in [0.3, 0.4) is 0 Å². The predicted molar refractivity (Wildman–Crippen MR) is 578 cm³/mol. The quantitative estimate of drug-likeness (QED) is 0.121. The summed E-state index contributed by atoms with van der Waals surface area (Å²) in [5, 5.41) is 31.0. The van der Waals surface area contributed by atoms with Gasteiger partial charge in [-0.05, 0) is 290 Å². The average molecular weight is 1710 g/mol. The van der Waals surface area contributed by atoms with Gasteiger partial charge in [-0.2, -0.15) is 0 Å². The lowest BCUT2D eigenvalue weighted by Gasteiger charge is -2.14. The summed E-state index contributed by atoms with van der Waals surface area (Å²) in [5.74, 6) is 0. The molecule has 0 atom stereocenters. The van der Waals surface area contributed by atoms with Gasteiger partial charge in [0.05, 0.1) is 33.1 Å². The fourth-order valence-corrected chi connectivity index (χ4v) is 21.8. The molecule has 0 aliphatic carbocycles. The van der Waals surface area contributed by atoms with Gasteiger partial charge >= 0.3 is 0 Å². The molecule has 0 saturated carbocycles. The summed E-state index contributed by atoms with van der Waals surface area (Å²) in [7, 11) is 0. The molecule has 0 bridgehead atoms. The molecule has 28 aromatic rings. The molecule has 0 radical (unpaired) electrons. The van der Waals surface area contributed by atoms with E-state index >= 15 is 0 Å². The second-order valence-corrected chi connectivity index (χ2v) is 35.6. The minimum Gasteiger partial charge on any atom is -0.309 e. The van der Waals surface area contributed by atoms with E-state index in [4.69, 9.17) is 0 Å². The van der Waals surface area contributed by atoms with Gasteiger partial charge < -0.3 is 13.7 Å². The Bertz CT molecular complexity index is 9430. The van der Waals surface area contributed by atoms with E-state index in [1.807, 2.05) is 0 Å². The maximum Gasteiger partial charge on any atom is 0.0541 e. The smallest absolute Gasteiger partial charge is 0.0541 e. The molecule has 0 spiro atoms. The van der Waals surface area contributed by atoms with Crippen LogP contribution >= 0.6 is 0 Å². The lowest BCUT2D eigenvalue weighted by atomic mass is 9.92. The number of para-hydroxylation sites is 3. The van der Waals surface area contributed by atoms with Crippen LogP contribution in [-0.4, -0.2) is 13.7 Å². The van der Waals surface area contributed by atoms with Gasteiger partial charge in [-0.15, -0.1) is 0 Å². The van der Waals surface area contributed by atoms with Gasteiger partial charge in [0.15, 0.2) is 0 Å². The molecule has 628 valence electrons. The summed E-state index contributed by atoms with van der Waals surface area (Å²) in [5.41, 5.74) is 27.9. The molecule has 0 saturated heterocycles. The van der Waals surface area contributed by atoms with Crippen molar-refractivity contribution in [1.82, 2.24) is 13.7 Å². The Hall–Kier alpha value is -17.8. The Morgan fingerprint density at radius 1 is 0.0815 bits per heavy atom. The van der Waals surface area contributed by atoms with Gasteiger partial charge in [0, 0.05) is 49.4 Å². The maximum atomic E-state index is 2.44. The van der Waals surface area contributed by atoms with Crippen LogP contribution in [0.15, 0.2) is 516 Å². The van der Waals surface area contributed by atoms with Crippen molar-refractivity contribution in [3.63, 3.8) is 0 Å². The van der Waals surface area contributed by atoms with Gasteiger partial charge in [0.2, 0.25) is 0 Å². The summed E-state index contributed by atoms with van der Waals surface area (Å²) in [4.78, 5) is 0. The van der Waals surface area contributed by atoms with Gasteiger partial charge in [0.1, 0.15) is 0 Å². The van der Waals surface area contributed by atoms with E-state index in [0.29, 0.717) is 0 Å². The van der Waals surface area contributed by atoms with Gasteiger partial charge in [-0.25, -0.2) is 0 Å². The Morgan fingerprint density at radius 2 is 0.274 bits per heavy atom. The first-order valence-electron chi connectivity index (χ1n) is 46.7. The van der Waals surface area contributed by atoms with Crippen molar-refractivity contribution in [2.24, 2.45) is 0 Å². The number of hydrogen-bond acceptors (Lipinski definition) is 0. The fraction of sp³-hybridized carbons (Fsp3) is 0. The molecule has 28 rings (SSSR count). The largest absolute Gasteiger partial charge is 0.309 e. The van der Waals surface area contributed by atoms with Crippen LogP contribution < -0.4 is 0 Å². The van der Waals surface area contributed by atoms with Crippen molar-refractivity contribution in [3.05, 3.63) is 516 Å². The second kappa shape index (κ2) is 32.7.